The summed E-state index contributed by atoms with van der Waals surface area (Å²) in [6.45, 7) is 4.44. The Morgan fingerprint density at radius 1 is 1.50 bits per heavy atom. The summed E-state index contributed by atoms with van der Waals surface area (Å²) in [7, 11) is 0. The van der Waals surface area contributed by atoms with Gasteiger partial charge in [-0.3, -0.25) is 9.59 Å². The Morgan fingerprint density at radius 3 is 2.70 bits per heavy atom. The highest BCUT2D eigenvalue weighted by Crippen LogP contribution is 2.38. The molecule has 1 aliphatic rings. The van der Waals surface area contributed by atoms with Crippen LogP contribution in [0, 0.1) is 11.3 Å². The van der Waals surface area contributed by atoms with Gasteiger partial charge in [0, 0.05) is 24.8 Å². The summed E-state index contributed by atoms with van der Waals surface area (Å²) in [6, 6.07) is 3.09. The van der Waals surface area contributed by atoms with Crippen LogP contribution in [0.5, 0.6) is 0 Å². The number of pyridine rings is 1. The zero-order valence-corrected chi connectivity index (χ0v) is 12.2. The molecule has 5 nitrogen and oxygen atoms in total. The summed E-state index contributed by atoms with van der Waals surface area (Å²) >= 11 is 5.78. The van der Waals surface area contributed by atoms with Crippen LogP contribution in [0.2, 0.25) is 5.15 Å². The molecule has 0 saturated carbocycles. The van der Waals surface area contributed by atoms with Crippen molar-refractivity contribution in [3.05, 3.63) is 29.0 Å². The number of aliphatic carboxylic acids is 1. The Balaban J connectivity index is 2.21. The van der Waals surface area contributed by atoms with E-state index in [1.165, 1.54) is 12.3 Å². The van der Waals surface area contributed by atoms with Crippen molar-refractivity contribution in [2.24, 2.45) is 11.3 Å². The quantitative estimate of drug-likeness (QED) is 0.869. The van der Waals surface area contributed by atoms with Gasteiger partial charge in [-0.1, -0.05) is 25.4 Å². The van der Waals surface area contributed by atoms with Crippen LogP contribution in [-0.4, -0.2) is 40.0 Å². The molecule has 0 aromatic carbocycles. The molecule has 1 unspecified atom stereocenters. The molecular formula is C14H17ClN2O3. The van der Waals surface area contributed by atoms with Gasteiger partial charge in [-0.25, -0.2) is 4.98 Å². The summed E-state index contributed by atoms with van der Waals surface area (Å²) in [4.78, 5) is 29.4. The number of rotatable bonds is 3. The number of amides is 1. The van der Waals surface area contributed by atoms with Crippen LogP contribution in [0.1, 0.15) is 30.6 Å². The first kappa shape index (κ1) is 14.8. The molecule has 20 heavy (non-hydrogen) atoms. The number of carbonyl (C=O) groups excluding carboxylic acids is 1. The number of carboxylic acid groups (broad SMARTS) is 1. The van der Waals surface area contributed by atoms with E-state index in [1.807, 2.05) is 13.8 Å². The molecule has 0 radical (unpaired) electrons. The standard InChI is InChI=1S/C14H17ClN2O3/c1-9(2)14(13(19)20)4-6-17(8-14)12(18)10-3-5-16-11(15)7-10/h3,5,7,9H,4,6,8H2,1-2H3,(H,19,20). The number of carboxylic acids is 1. The summed E-state index contributed by atoms with van der Waals surface area (Å²) in [6.07, 6.45) is 1.95. The molecular weight excluding hydrogens is 280 g/mol. The highest BCUT2D eigenvalue weighted by atomic mass is 35.5. The molecule has 0 aliphatic carbocycles. The van der Waals surface area contributed by atoms with Crippen molar-refractivity contribution < 1.29 is 14.7 Å². The lowest BCUT2D eigenvalue weighted by Crippen LogP contribution is -2.40. The second-order valence-corrected chi connectivity index (χ2v) is 5.85. The number of aromatic nitrogens is 1. The zero-order valence-electron chi connectivity index (χ0n) is 11.5. The third kappa shape index (κ3) is 2.50. The highest BCUT2D eigenvalue weighted by molar-refractivity contribution is 6.29. The second-order valence-electron chi connectivity index (χ2n) is 5.46. The maximum Gasteiger partial charge on any atom is 0.311 e. The Hall–Kier alpha value is -1.62. The van der Waals surface area contributed by atoms with Crippen LogP contribution < -0.4 is 0 Å². The Kier molecular flexibility index (Phi) is 3.99. The van der Waals surface area contributed by atoms with E-state index in [1.54, 1.807) is 11.0 Å². The molecule has 1 amide bonds. The summed E-state index contributed by atoms with van der Waals surface area (Å²) in [5.41, 5.74) is -0.415. The van der Waals surface area contributed by atoms with Gasteiger partial charge in [-0.2, -0.15) is 0 Å². The van der Waals surface area contributed by atoms with Gasteiger partial charge in [-0.05, 0) is 24.5 Å². The first-order chi connectivity index (χ1) is 9.36. The highest BCUT2D eigenvalue weighted by Gasteiger charge is 2.48. The first-order valence-corrected chi connectivity index (χ1v) is 6.89. The maximum absolute atomic E-state index is 12.4. The minimum absolute atomic E-state index is 0.0289. The van der Waals surface area contributed by atoms with E-state index in [9.17, 15) is 14.7 Å². The molecule has 0 bridgehead atoms. The van der Waals surface area contributed by atoms with Gasteiger partial charge in [0.05, 0.1) is 5.41 Å². The molecule has 1 fully saturated rings. The molecule has 2 rings (SSSR count). The van der Waals surface area contributed by atoms with Crippen molar-refractivity contribution in [3.8, 4) is 0 Å². The fourth-order valence-corrected chi connectivity index (χ4v) is 2.79. The Morgan fingerprint density at radius 2 is 2.20 bits per heavy atom. The Bertz CT molecular complexity index is 547. The van der Waals surface area contributed by atoms with E-state index in [0.717, 1.165) is 0 Å². The summed E-state index contributed by atoms with van der Waals surface area (Å²) in [5, 5.41) is 9.73. The summed E-state index contributed by atoms with van der Waals surface area (Å²) in [5.74, 6) is -1.06. The average Bonchev–Trinajstić information content (AvgIpc) is 2.84. The van der Waals surface area contributed by atoms with E-state index in [0.29, 0.717) is 18.5 Å². The number of hydrogen-bond donors (Lipinski definition) is 1. The van der Waals surface area contributed by atoms with Crippen LogP contribution in [0.15, 0.2) is 18.3 Å². The number of carbonyl (C=O) groups is 2. The fourth-order valence-electron chi connectivity index (χ4n) is 2.62. The molecule has 2 heterocycles. The smallest absolute Gasteiger partial charge is 0.311 e. The van der Waals surface area contributed by atoms with Crippen LogP contribution in [-0.2, 0) is 4.79 Å². The molecule has 0 spiro atoms. The SMILES string of the molecule is CC(C)C1(C(=O)O)CCN(C(=O)c2ccnc(Cl)c2)C1. The van der Waals surface area contributed by atoms with Crippen LogP contribution in [0.4, 0.5) is 0 Å². The van der Waals surface area contributed by atoms with Gasteiger partial charge in [0.1, 0.15) is 5.15 Å². The van der Waals surface area contributed by atoms with E-state index in [2.05, 4.69) is 4.98 Å². The van der Waals surface area contributed by atoms with Crippen LogP contribution in [0.25, 0.3) is 0 Å². The molecule has 1 aliphatic heterocycles. The molecule has 108 valence electrons. The van der Waals surface area contributed by atoms with Gasteiger partial charge in [0.15, 0.2) is 0 Å². The normalized spacial score (nSPS) is 22.3. The average molecular weight is 297 g/mol. The second kappa shape index (κ2) is 5.40. The number of likely N-dealkylation sites (tertiary alicyclic amines) is 1. The lowest BCUT2D eigenvalue weighted by Gasteiger charge is -2.28. The third-order valence-electron chi connectivity index (χ3n) is 4.09. The van der Waals surface area contributed by atoms with Crippen molar-refractivity contribution in [3.63, 3.8) is 0 Å². The number of hydrogen-bond acceptors (Lipinski definition) is 3. The van der Waals surface area contributed by atoms with E-state index < -0.39 is 11.4 Å². The van der Waals surface area contributed by atoms with Gasteiger partial charge in [0.25, 0.3) is 5.91 Å². The minimum atomic E-state index is -0.855. The van der Waals surface area contributed by atoms with Crippen molar-refractivity contribution >= 4 is 23.5 Å². The van der Waals surface area contributed by atoms with Crippen LogP contribution in [0.3, 0.4) is 0 Å². The minimum Gasteiger partial charge on any atom is -0.481 e. The van der Waals surface area contributed by atoms with Gasteiger partial charge < -0.3 is 10.0 Å². The predicted octanol–water partition coefficient (Wildman–Crippen LogP) is 2.31. The molecule has 1 aromatic heterocycles. The van der Waals surface area contributed by atoms with E-state index in [4.69, 9.17) is 11.6 Å². The lowest BCUT2D eigenvalue weighted by molar-refractivity contribution is -0.150. The molecule has 1 atom stereocenters. The third-order valence-corrected chi connectivity index (χ3v) is 4.30. The topological polar surface area (TPSA) is 70.5 Å². The van der Waals surface area contributed by atoms with E-state index in [-0.39, 0.29) is 23.5 Å². The molecule has 1 saturated heterocycles. The van der Waals surface area contributed by atoms with Crippen molar-refractivity contribution in [2.75, 3.05) is 13.1 Å². The number of nitrogens with zero attached hydrogens (tertiary/aromatic N) is 2. The van der Waals surface area contributed by atoms with Gasteiger partial charge in [0.2, 0.25) is 0 Å². The van der Waals surface area contributed by atoms with Crippen molar-refractivity contribution in [1.82, 2.24) is 9.88 Å². The number of halogens is 1. The van der Waals surface area contributed by atoms with Crippen molar-refractivity contribution in [1.29, 1.82) is 0 Å². The van der Waals surface area contributed by atoms with Crippen molar-refractivity contribution in [2.45, 2.75) is 20.3 Å². The molecule has 6 heteroatoms. The predicted molar refractivity (Wildman–Crippen MR) is 74.7 cm³/mol. The molecule has 1 aromatic rings. The first-order valence-electron chi connectivity index (χ1n) is 6.51. The summed E-state index contributed by atoms with van der Waals surface area (Å²) < 4.78 is 0. The maximum atomic E-state index is 12.4. The van der Waals surface area contributed by atoms with Gasteiger partial charge >= 0.3 is 5.97 Å². The van der Waals surface area contributed by atoms with Gasteiger partial charge in [-0.15, -0.1) is 0 Å². The Labute approximate surface area is 122 Å². The lowest BCUT2D eigenvalue weighted by atomic mass is 9.76. The fraction of sp³-hybridized carbons (Fsp3) is 0.500. The van der Waals surface area contributed by atoms with E-state index >= 15 is 0 Å². The zero-order chi connectivity index (χ0) is 14.9. The van der Waals surface area contributed by atoms with Crippen LogP contribution >= 0.6 is 11.6 Å². The molecule has 1 N–H and O–H groups in total. The monoisotopic (exact) mass is 296 g/mol. The largest absolute Gasteiger partial charge is 0.481 e.